The van der Waals surface area contributed by atoms with Crippen LogP contribution in [0.25, 0.3) is 0 Å². The molecule has 13 heavy (non-hydrogen) atoms. The van der Waals surface area contributed by atoms with Gasteiger partial charge in [0.05, 0.1) is 17.1 Å². The molecule has 1 rings (SSSR count). The number of anilines is 1. The van der Waals surface area contributed by atoms with Gasteiger partial charge in [-0.3, -0.25) is 0 Å². The van der Waals surface area contributed by atoms with E-state index in [2.05, 4.69) is 4.98 Å². The third-order valence-corrected chi connectivity index (χ3v) is 1.69. The molecule has 1 heterocycles. The molecule has 0 amide bonds. The first kappa shape index (κ1) is 10.1. The van der Waals surface area contributed by atoms with Crippen molar-refractivity contribution in [1.29, 1.82) is 0 Å². The Morgan fingerprint density at radius 1 is 1.54 bits per heavy atom. The van der Waals surface area contributed by atoms with Crippen molar-refractivity contribution in [3.05, 3.63) is 23.1 Å². The first-order valence-corrected chi connectivity index (χ1v) is 3.88. The van der Waals surface area contributed by atoms with Crippen LogP contribution in [0.2, 0.25) is 0 Å². The minimum atomic E-state index is -2.91. The Kier molecular flexibility index (Phi) is 2.98. The van der Waals surface area contributed by atoms with Gasteiger partial charge in [-0.25, -0.2) is 18.2 Å². The number of hydrogen-bond donors (Lipinski definition) is 1. The fraction of sp³-hybridized carbons (Fsp3) is 0.286. The summed E-state index contributed by atoms with van der Waals surface area (Å²) in [7, 11) is 0. The molecule has 0 aliphatic rings. The van der Waals surface area contributed by atoms with Gasteiger partial charge in [0.15, 0.2) is 5.82 Å². The second-order valence-electron chi connectivity index (χ2n) is 2.33. The Balaban J connectivity index is 3.27. The highest BCUT2D eigenvalue weighted by Gasteiger charge is 2.18. The van der Waals surface area contributed by atoms with Gasteiger partial charge in [-0.05, 0) is 6.07 Å². The highest BCUT2D eigenvalue weighted by atomic mass is 35.5. The molecular formula is C7H6ClF3N2. The quantitative estimate of drug-likeness (QED) is 0.762. The van der Waals surface area contributed by atoms with Crippen molar-refractivity contribution in [3.8, 4) is 0 Å². The molecule has 2 nitrogen and oxygen atoms in total. The fourth-order valence-electron chi connectivity index (χ4n) is 0.874. The number of hydrogen-bond acceptors (Lipinski definition) is 2. The summed E-state index contributed by atoms with van der Waals surface area (Å²) in [6.07, 6.45) is -2.91. The molecule has 0 aromatic carbocycles. The number of rotatable bonds is 2. The first-order valence-electron chi connectivity index (χ1n) is 3.35. The molecule has 1 aromatic heterocycles. The van der Waals surface area contributed by atoms with Crippen LogP contribution >= 0.6 is 11.6 Å². The van der Waals surface area contributed by atoms with Crippen molar-refractivity contribution < 1.29 is 13.2 Å². The van der Waals surface area contributed by atoms with E-state index >= 15 is 0 Å². The van der Waals surface area contributed by atoms with Crippen LogP contribution in [0.1, 0.15) is 17.7 Å². The summed E-state index contributed by atoms with van der Waals surface area (Å²) < 4.78 is 37.3. The largest absolute Gasteiger partial charge is 0.384 e. The van der Waals surface area contributed by atoms with Crippen LogP contribution in [0.5, 0.6) is 0 Å². The zero-order chi connectivity index (χ0) is 10.0. The molecule has 0 fully saturated rings. The molecule has 0 aliphatic heterocycles. The van der Waals surface area contributed by atoms with Crippen LogP contribution in [0.4, 0.5) is 19.0 Å². The Bertz CT molecular complexity index is 317. The number of aromatic nitrogens is 1. The van der Waals surface area contributed by atoms with Crippen LogP contribution in [-0.2, 0) is 5.88 Å². The molecule has 2 N–H and O–H groups in total. The number of halogens is 4. The van der Waals surface area contributed by atoms with Gasteiger partial charge in [-0.15, -0.1) is 11.6 Å². The summed E-state index contributed by atoms with van der Waals surface area (Å²) >= 11 is 5.28. The zero-order valence-corrected chi connectivity index (χ0v) is 7.15. The van der Waals surface area contributed by atoms with Crippen LogP contribution in [0.15, 0.2) is 6.07 Å². The minimum Gasteiger partial charge on any atom is -0.384 e. The SMILES string of the molecule is Nc1cc(C(F)F)c(F)c(CCl)n1. The summed E-state index contributed by atoms with van der Waals surface area (Å²) in [5, 5.41) is 0. The van der Waals surface area contributed by atoms with Gasteiger partial charge in [0, 0.05) is 0 Å². The average Bonchev–Trinajstić information content (AvgIpc) is 2.08. The van der Waals surface area contributed by atoms with E-state index in [0.717, 1.165) is 6.07 Å². The molecule has 72 valence electrons. The molecule has 0 saturated heterocycles. The number of nitrogens with two attached hydrogens (primary N) is 1. The number of nitrogens with zero attached hydrogens (tertiary/aromatic N) is 1. The Labute approximate surface area is 77.5 Å². The van der Waals surface area contributed by atoms with Gasteiger partial charge in [0.25, 0.3) is 6.43 Å². The third-order valence-electron chi connectivity index (χ3n) is 1.44. The normalized spacial score (nSPS) is 10.8. The summed E-state index contributed by atoms with van der Waals surface area (Å²) in [5.74, 6) is -1.53. The van der Waals surface area contributed by atoms with Crippen molar-refractivity contribution in [2.75, 3.05) is 5.73 Å². The van der Waals surface area contributed by atoms with Gasteiger partial charge < -0.3 is 5.73 Å². The lowest BCUT2D eigenvalue weighted by Gasteiger charge is -2.05. The highest BCUT2D eigenvalue weighted by molar-refractivity contribution is 6.16. The molecular weight excluding hydrogens is 205 g/mol. The predicted octanol–water partition coefficient (Wildman–Crippen LogP) is 2.48. The smallest absolute Gasteiger partial charge is 0.266 e. The molecule has 0 aliphatic carbocycles. The van der Waals surface area contributed by atoms with Crippen molar-refractivity contribution in [2.24, 2.45) is 0 Å². The number of pyridine rings is 1. The van der Waals surface area contributed by atoms with Crippen LogP contribution in [0.3, 0.4) is 0 Å². The highest BCUT2D eigenvalue weighted by Crippen LogP contribution is 2.25. The second kappa shape index (κ2) is 3.83. The molecule has 1 aromatic rings. The maximum absolute atomic E-state index is 13.0. The summed E-state index contributed by atoms with van der Waals surface area (Å²) in [6, 6.07) is 0.802. The van der Waals surface area contributed by atoms with Crippen molar-refractivity contribution in [1.82, 2.24) is 4.98 Å². The monoisotopic (exact) mass is 210 g/mol. The summed E-state index contributed by atoms with van der Waals surface area (Å²) in [4.78, 5) is 3.47. The Morgan fingerprint density at radius 2 is 2.15 bits per heavy atom. The lowest BCUT2D eigenvalue weighted by atomic mass is 10.2. The standard InChI is InChI=1S/C7H6ClF3N2/c8-2-4-6(9)3(7(10)11)1-5(12)13-4/h1,7H,2H2,(H2,12,13). The average molecular weight is 211 g/mol. The van der Waals surface area contributed by atoms with E-state index in [9.17, 15) is 13.2 Å². The lowest BCUT2D eigenvalue weighted by molar-refractivity contribution is 0.146. The van der Waals surface area contributed by atoms with Gasteiger partial charge in [-0.2, -0.15) is 0 Å². The number of nitrogen functional groups attached to an aromatic ring is 1. The lowest BCUT2D eigenvalue weighted by Crippen LogP contribution is -2.03. The molecule has 6 heteroatoms. The molecule has 0 bridgehead atoms. The van der Waals surface area contributed by atoms with E-state index in [-0.39, 0.29) is 17.4 Å². The molecule has 0 spiro atoms. The molecule has 0 radical (unpaired) electrons. The van der Waals surface area contributed by atoms with Crippen LogP contribution < -0.4 is 5.73 Å². The molecule has 0 atom stereocenters. The van der Waals surface area contributed by atoms with Gasteiger partial charge in [0.2, 0.25) is 0 Å². The summed E-state index contributed by atoms with van der Waals surface area (Å²) in [5.41, 5.74) is 4.16. The minimum absolute atomic E-state index is 0.160. The van der Waals surface area contributed by atoms with Crippen molar-refractivity contribution in [3.63, 3.8) is 0 Å². The fourth-order valence-corrected chi connectivity index (χ4v) is 1.05. The summed E-state index contributed by atoms with van der Waals surface area (Å²) in [6.45, 7) is 0. The van der Waals surface area contributed by atoms with Crippen molar-refractivity contribution in [2.45, 2.75) is 12.3 Å². The Morgan fingerprint density at radius 3 is 2.62 bits per heavy atom. The second-order valence-corrected chi connectivity index (χ2v) is 2.60. The number of alkyl halides is 3. The van der Waals surface area contributed by atoms with Gasteiger partial charge in [0.1, 0.15) is 5.82 Å². The van der Waals surface area contributed by atoms with E-state index in [1.807, 2.05) is 0 Å². The molecule has 0 saturated carbocycles. The van der Waals surface area contributed by atoms with Gasteiger partial charge >= 0.3 is 0 Å². The van der Waals surface area contributed by atoms with Gasteiger partial charge in [-0.1, -0.05) is 0 Å². The van der Waals surface area contributed by atoms with Crippen molar-refractivity contribution >= 4 is 17.4 Å². The van der Waals surface area contributed by atoms with E-state index < -0.39 is 17.8 Å². The third kappa shape index (κ3) is 2.03. The van der Waals surface area contributed by atoms with Crippen LogP contribution in [-0.4, -0.2) is 4.98 Å². The maximum atomic E-state index is 13.0. The maximum Gasteiger partial charge on any atom is 0.266 e. The van der Waals surface area contributed by atoms with E-state index in [1.165, 1.54) is 0 Å². The zero-order valence-electron chi connectivity index (χ0n) is 6.40. The van der Waals surface area contributed by atoms with E-state index in [1.54, 1.807) is 0 Å². The predicted molar refractivity (Wildman–Crippen MR) is 43.1 cm³/mol. The molecule has 0 unspecified atom stereocenters. The van der Waals surface area contributed by atoms with E-state index in [0.29, 0.717) is 0 Å². The van der Waals surface area contributed by atoms with E-state index in [4.69, 9.17) is 17.3 Å². The first-order chi connectivity index (χ1) is 6.06. The van der Waals surface area contributed by atoms with Crippen LogP contribution in [0, 0.1) is 5.82 Å². The topological polar surface area (TPSA) is 38.9 Å². The Hall–Kier alpha value is -0.970.